The Labute approximate surface area is 123 Å². The minimum atomic E-state index is -0.514. The third-order valence-electron chi connectivity index (χ3n) is 2.34. The summed E-state index contributed by atoms with van der Waals surface area (Å²) in [7, 11) is 0. The SMILES string of the molecule is O=C(CCSc1nccs1)Nc1ccccc1[N+](=O)[O-]. The highest BCUT2D eigenvalue weighted by molar-refractivity contribution is 8.01. The van der Waals surface area contributed by atoms with Gasteiger partial charge in [0.25, 0.3) is 5.69 Å². The number of carbonyl (C=O) groups is 1. The highest BCUT2D eigenvalue weighted by Crippen LogP contribution is 2.24. The lowest BCUT2D eigenvalue weighted by atomic mass is 10.2. The molecule has 1 aromatic carbocycles. The van der Waals surface area contributed by atoms with Crippen LogP contribution in [0.2, 0.25) is 0 Å². The number of nitrogens with one attached hydrogen (secondary N) is 1. The van der Waals surface area contributed by atoms with E-state index in [1.54, 1.807) is 18.3 Å². The number of aromatic nitrogens is 1. The molecule has 0 spiro atoms. The normalized spacial score (nSPS) is 10.2. The van der Waals surface area contributed by atoms with Crippen molar-refractivity contribution in [2.24, 2.45) is 0 Å². The molecule has 0 unspecified atom stereocenters. The zero-order chi connectivity index (χ0) is 14.4. The summed E-state index contributed by atoms with van der Waals surface area (Å²) in [5.41, 5.74) is 0.121. The molecule has 1 aromatic heterocycles. The van der Waals surface area contributed by atoms with E-state index in [1.165, 1.54) is 35.2 Å². The quantitative estimate of drug-likeness (QED) is 0.503. The number of hydrogen-bond donors (Lipinski definition) is 1. The molecule has 0 saturated heterocycles. The zero-order valence-corrected chi connectivity index (χ0v) is 11.9. The number of thiazole rings is 1. The molecule has 1 heterocycles. The second kappa shape index (κ2) is 7.01. The van der Waals surface area contributed by atoms with E-state index < -0.39 is 4.92 Å². The molecule has 104 valence electrons. The minimum Gasteiger partial charge on any atom is -0.320 e. The number of rotatable bonds is 6. The van der Waals surface area contributed by atoms with Gasteiger partial charge in [0.1, 0.15) is 10.0 Å². The van der Waals surface area contributed by atoms with Crippen LogP contribution in [0.3, 0.4) is 0 Å². The summed E-state index contributed by atoms with van der Waals surface area (Å²) >= 11 is 3.00. The third-order valence-corrected chi connectivity index (χ3v) is 4.31. The van der Waals surface area contributed by atoms with Crippen LogP contribution in [-0.2, 0) is 4.79 Å². The summed E-state index contributed by atoms with van der Waals surface area (Å²) in [4.78, 5) is 26.1. The molecule has 0 aliphatic heterocycles. The van der Waals surface area contributed by atoms with Crippen molar-refractivity contribution in [3.8, 4) is 0 Å². The fourth-order valence-electron chi connectivity index (χ4n) is 1.46. The highest BCUT2D eigenvalue weighted by atomic mass is 32.2. The zero-order valence-electron chi connectivity index (χ0n) is 10.3. The summed E-state index contributed by atoms with van der Waals surface area (Å²) in [6, 6.07) is 6.09. The first-order valence-corrected chi connectivity index (χ1v) is 7.59. The number of nitro groups is 1. The van der Waals surface area contributed by atoms with Gasteiger partial charge in [-0.1, -0.05) is 23.9 Å². The molecular formula is C12H11N3O3S2. The third kappa shape index (κ3) is 4.04. The van der Waals surface area contributed by atoms with E-state index in [9.17, 15) is 14.9 Å². The van der Waals surface area contributed by atoms with Crippen molar-refractivity contribution in [2.75, 3.05) is 11.1 Å². The molecule has 0 atom stereocenters. The first-order chi connectivity index (χ1) is 9.66. The van der Waals surface area contributed by atoms with Crippen molar-refractivity contribution >= 4 is 40.4 Å². The molecular weight excluding hydrogens is 298 g/mol. The van der Waals surface area contributed by atoms with Gasteiger partial charge in [-0.25, -0.2) is 4.98 Å². The molecule has 0 bridgehead atoms. The number of benzene rings is 1. The van der Waals surface area contributed by atoms with Crippen molar-refractivity contribution in [3.63, 3.8) is 0 Å². The van der Waals surface area contributed by atoms with E-state index in [4.69, 9.17) is 0 Å². The van der Waals surface area contributed by atoms with Gasteiger partial charge in [0.2, 0.25) is 5.91 Å². The number of hydrogen-bond acceptors (Lipinski definition) is 6. The molecule has 0 aliphatic rings. The fourth-order valence-corrected chi connectivity index (χ4v) is 3.11. The average Bonchev–Trinajstić information content (AvgIpc) is 2.92. The van der Waals surface area contributed by atoms with Crippen LogP contribution >= 0.6 is 23.1 Å². The van der Waals surface area contributed by atoms with E-state index in [1.807, 2.05) is 5.38 Å². The van der Waals surface area contributed by atoms with Crippen molar-refractivity contribution in [3.05, 3.63) is 46.0 Å². The number of nitro benzene ring substituents is 1. The Morgan fingerprint density at radius 1 is 1.45 bits per heavy atom. The maximum atomic E-state index is 11.8. The highest BCUT2D eigenvalue weighted by Gasteiger charge is 2.14. The Hall–Kier alpha value is -1.93. The van der Waals surface area contributed by atoms with Gasteiger partial charge in [0.05, 0.1) is 4.92 Å². The first-order valence-electron chi connectivity index (χ1n) is 5.72. The lowest BCUT2D eigenvalue weighted by molar-refractivity contribution is -0.383. The Morgan fingerprint density at radius 3 is 2.95 bits per heavy atom. The number of nitrogens with zero attached hydrogens (tertiary/aromatic N) is 2. The predicted octanol–water partition coefficient (Wildman–Crippen LogP) is 3.17. The van der Waals surface area contributed by atoms with E-state index in [0.29, 0.717) is 5.75 Å². The van der Waals surface area contributed by atoms with Crippen LogP contribution in [0.4, 0.5) is 11.4 Å². The molecule has 2 rings (SSSR count). The summed E-state index contributed by atoms with van der Waals surface area (Å²) in [5, 5.41) is 15.2. The molecule has 0 radical (unpaired) electrons. The monoisotopic (exact) mass is 309 g/mol. The first kappa shape index (κ1) is 14.5. The summed E-state index contributed by atoms with van der Waals surface area (Å²) in [6.07, 6.45) is 1.98. The second-order valence-electron chi connectivity index (χ2n) is 3.72. The molecule has 1 amide bonds. The number of carbonyl (C=O) groups excluding carboxylic acids is 1. The van der Waals surface area contributed by atoms with Crippen LogP contribution < -0.4 is 5.32 Å². The number of anilines is 1. The fraction of sp³-hybridized carbons (Fsp3) is 0.167. The van der Waals surface area contributed by atoms with Crippen LogP contribution in [0.25, 0.3) is 0 Å². The molecule has 1 N–H and O–H groups in total. The maximum Gasteiger partial charge on any atom is 0.292 e. The number of para-hydroxylation sites is 2. The van der Waals surface area contributed by atoms with Gasteiger partial charge < -0.3 is 5.32 Å². The van der Waals surface area contributed by atoms with Gasteiger partial charge in [-0.2, -0.15) is 0 Å². The summed E-state index contributed by atoms with van der Waals surface area (Å²) < 4.78 is 0.906. The lowest BCUT2D eigenvalue weighted by Gasteiger charge is -2.05. The Morgan fingerprint density at radius 2 is 2.25 bits per heavy atom. The maximum absolute atomic E-state index is 11.8. The van der Waals surface area contributed by atoms with Gasteiger partial charge in [-0.05, 0) is 6.07 Å². The molecule has 2 aromatic rings. The topological polar surface area (TPSA) is 85.1 Å². The molecule has 0 aliphatic carbocycles. The van der Waals surface area contributed by atoms with E-state index in [-0.39, 0.29) is 23.7 Å². The van der Waals surface area contributed by atoms with Gasteiger partial charge in [-0.3, -0.25) is 14.9 Å². The van der Waals surface area contributed by atoms with Crippen molar-refractivity contribution < 1.29 is 9.72 Å². The molecule has 0 saturated carbocycles. The molecule has 6 nitrogen and oxygen atoms in total. The predicted molar refractivity (Wildman–Crippen MR) is 79.2 cm³/mol. The van der Waals surface area contributed by atoms with Crippen molar-refractivity contribution in [2.45, 2.75) is 10.8 Å². The van der Waals surface area contributed by atoms with Gasteiger partial charge in [0.15, 0.2) is 0 Å². The van der Waals surface area contributed by atoms with Gasteiger partial charge >= 0.3 is 0 Å². The number of thioether (sulfide) groups is 1. The molecule has 0 fully saturated rings. The molecule has 8 heteroatoms. The van der Waals surface area contributed by atoms with Crippen LogP contribution in [0.1, 0.15) is 6.42 Å². The van der Waals surface area contributed by atoms with Crippen molar-refractivity contribution in [1.29, 1.82) is 0 Å². The van der Waals surface area contributed by atoms with Gasteiger partial charge in [0, 0.05) is 29.8 Å². The van der Waals surface area contributed by atoms with E-state index >= 15 is 0 Å². The standard InChI is InChI=1S/C12H11N3O3S2/c16-11(5-7-19-12-13-6-8-20-12)14-9-3-1-2-4-10(9)15(17)18/h1-4,6,8H,5,7H2,(H,14,16). The van der Waals surface area contributed by atoms with Gasteiger partial charge in [-0.15, -0.1) is 11.3 Å². The Kier molecular flexibility index (Phi) is 5.08. The van der Waals surface area contributed by atoms with Crippen LogP contribution in [0.15, 0.2) is 40.2 Å². The van der Waals surface area contributed by atoms with Crippen LogP contribution in [0.5, 0.6) is 0 Å². The smallest absolute Gasteiger partial charge is 0.292 e. The largest absolute Gasteiger partial charge is 0.320 e. The second-order valence-corrected chi connectivity index (χ2v) is 5.96. The minimum absolute atomic E-state index is 0.103. The summed E-state index contributed by atoms with van der Waals surface area (Å²) in [5.74, 6) is 0.336. The van der Waals surface area contributed by atoms with E-state index in [2.05, 4.69) is 10.3 Å². The molecule has 20 heavy (non-hydrogen) atoms. The van der Waals surface area contributed by atoms with Crippen molar-refractivity contribution in [1.82, 2.24) is 4.98 Å². The Balaban J connectivity index is 1.87. The van der Waals surface area contributed by atoms with Crippen LogP contribution in [0, 0.1) is 10.1 Å². The number of amides is 1. The summed E-state index contributed by atoms with van der Waals surface area (Å²) in [6.45, 7) is 0. The average molecular weight is 309 g/mol. The lowest BCUT2D eigenvalue weighted by Crippen LogP contribution is -2.13. The Bertz CT molecular complexity index is 602. The van der Waals surface area contributed by atoms with Crippen LogP contribution in [-0.4, -0.2) is 21.6 Å². The van der Waals surface area contributed by atoms with E-state index in [0.717, 1.165) is 4.34 Å².